The van der Waals surface area contributed by atoms with Gasteiger partial charge in [-0.15, -0.1) is 11.3 Å². The number of rotatable bonds is 6. The Morgan fingerprint density at radius 2 is 1.96 bits per heavy atom. The quantitative estimate of drug-likeness (QED) is 0.469. The van der Waals surface area contributed by atoms with E-state index >= 15 is 0 Å². The van der Waals surface area contributed by atoms with E-state index in [1.165, 1.54) is 11.0 Å². The molecular formula is C18H18N4O2S. The van der Waals surface area contributed by atoms with Crippen LogP contribution < -0.4 is 10.6 Å². The number of carbonyl (C=O) groups is 2. The Hall–Kier alpha value is -2.93. The van der Waals surface area contributed by atoms with Crippen LogP contribution in [0.5, 0.6) is 0 Å². The number of carbonyl (C=O) groups excluding carboxylic acids is 2. The number of fused-ring (bicyclic) bond motifs is 1. The zero-order chi connectivity index (χ0) is 17.6. The standard InChI is InChI=1S/C18H18N4O2S/c1-12-6-7-13(25-12)8-9-16(23)19-10-11-20-18(24)17-14-4-2-3-5-15(14)21-22-17/h2-9H,10-11H2,1H3,(H,19,23)(H,20,24)(H,21,22)/b9-8+. The fraction of sp³-hybridized carbons (Fsp3) is 0.167. The van der Waals surface area contributed by atoms with E-state index in [2.05, 4.69) is 20.8 Å². The number of H-pyrrole nitrogens is 1. The summed E-state index contributed by atoms with van der Waals surface area (Å²) in [7, 11) is 0. The smallest absolute Gasteiger partial charge is 0.272 e. The van der Waals surface area contributed by atoms with E-state index in [1.807, 2.05) is 43.3 Å². The number of thiophene rings is 1. The summed E-state index contributed by atoms with van der Waals surface area (Å²) in [4.78, 5) is 26.1. The Morgan fingerprint density at radius 3 is 2.76 bits per heavy atom. The number of nitrogens with zero attached hydrogens (tertiary/aromatic N) is 1. The van der Waals surface area contributed by atoms with Crippen LogP contribution in [-0.4, -0.2) is 35.1 Å². The highest BCUT2D eigenvalue weighted by molar-refractivity contribution is 7.12. The zero-order valence-electron chi connectivity index (χ0n) is 13.7. The summed E-state index contributed by atoms with van der Waals surface area (Å²) in [5.74, 6) is -0.457. The van der Waals surface area contributed by atoms with Crippen molar-refractivity contribution in [2.75, 3.05) is 13.1 Å². The third-order valence-electron chi connectivity index (χ3n) is 3.56. The largest absolute Gasteiger partial charge is 0.351 e. The molecule has 0 unspecified atom stereocenters. The second-order valence-electron chi connectivity index (χ2n) is 5.45. The topological polar surface area (TPSA) is 86.9 Å². The summed E-state index contributed by atoms with van der Waals surface area (Å²) in [5.41, 5.74) is 1.17. The van der Waals surface area contributed by atoms with E-state index in [1.54, 1.807) is 17.4 Å². The SMILES string of the molecule is Cc1ccc(/C=C/C(=O)NCCNC(=O)c2n[nH]c3ccccc23)s1. The van der Waals surface area contributed by atoms with Crippen molar-refractivity contribution in [3.05, 3.63) is 57.9 Å². The van der Waals surface area contributed by atoms with Gasteiger partial charge in [0.15, 0.2) is 5.69 Å². The Labute approximate surface area is 148 Å². The molecule has 0 aliphatic carbocycles. The lowest BCUT2D eigenvalue weighted by molar-refractivity contribution is -0.116. The highest BCUT2D eigenvalue weighted by atomic mass is 32.1. The molecule has 0 spiro atoms. The van der Waals surface area contributed by atoms with Crippen molar-refractivity contribution in [3.8, 4) is 0 Å². The third-order valence-corrected chi connectivity index (χ3v) is 4.52. The number of amides is 2. The molecule has 2 heterocycles. The maximum absolute atomic E-state index is 12.2. The number of aromatic amines is 1. The Bertz CT molecular complexity index is 926. The predicted octanol–water partition coefficient (Wildman–Crippen LogP) is 2.49. The van der Waals surface area contributed by atoms with Crippen LogP contribution in [0.4, 0.5) is 0 Å². The predicted molar refractivity (Wildman–Crippen MR) is 99.5 cm³/mol. The van der Waals surface area contributed by atoms with Crippen LogP contribution in [0.25, 0.3) is 17.0 Å². The molecule has 3 N–H and O–H groups in total. The van der Waals surface area contributed by atoms with Gasteiger partial charge in [-0.1, -0.05) is 18.2 Å². The van der Waals surface area contributed by atoms with E-state index in [-0.39, 0.29) is 11.8 Å². The molecule has 0 saturated carbocycles. The molecule has 0 atom stereocenters. The lowest BCUT2D eigenvalue weighted by atomic mass is 10.2. The fourth-order valence-corrected chi connectivity index (χ4v) is 3.12. The molecule has 2 amide bonds. The molecule has 6 nitrogen and oxygen atoms in total. The maximum Gasteiger partial charge on any atom is 0.272 e. The molecule has 0 aliphatic rings. The van der Waals surface area contributed by atoms with E-state index < -0.39 is 0 Å². The number of aryl methyl sites for hydroxylation is 1. The zero-order valence-corrected chi connectivity index (χ0v) is 14.5. The van der Waals surface area contributed by atoms with Gasteiger partial charge in [-0.25, -0.2) is 0 Å². The average molecular weight is 354 g/mol. The number of hydrogen-bond donors (Lipinski definition) is 3. The first kappa shape index (κ1) is 16.9. The molecule has 0 saturated heterocycles. The molecule has 0 aliphatic heterocycles. The van der Waals surface area contributed by atoms with Gasteiger partial charge in [-0.05, 0) is 31.2 Å². The monoisotopic (exact) mass is 354 g/mol. The number of hydrogen-bond acceptors (Lipinski definition) is 4. The molecule has 25 heavy (non-hydrogen) atoms. The second-order valence-corrected chi connectivity index (χ2v) is 6.77. The van der Waals surface area contributed by atoms with Gasteiger partial charge in [0, 0.05) is 34.3 Å². The lowest BCUT2D eigenvalue weighted by Crippen LogP contribution is -2.34. The van der Waals surface area contributed by atoms with Crippen LogP contribution in [0.3, 0.4) is 0 Å². The summed E-state index contributed by atoms with van der Waals surface area (Å²) in [5, 5.41) is 13.1. The van der Waals surface area contributed by atoms with E-state index in [4.69, 9.17) is 0 Å². The summed E-state index contributed by atoms with van der Waals surface area (Å²) >= 11 is 1.63. The van der Waals surface area contributed by atoms with Gasteiger partial charge in [-0.2, -0.15) is 5.10 Å². The van der Waals surface area contributed by atoms with Gasteiger partial charge in [0.1, 0.15) is 0 Å². The van der Waals surface area contributed by atoms with Crippen LogP contribution in [-0.2, 0) is 4.79 Å². The molecule has 2 aromatic heterocycles. The number of benzene rings is 1. The summed E-state index contributed by atoms with van der Waals surface area (Å²) in [6, 6.07) is 11.4. The molecule has 128 valence electrons. The van der Waals surface area contributed by atoms with Crippen molar-refractivity contribution < 1.29 is 9.59 Å². The minimum atomic E-state index is -0.267. The Balaban J connectivity index is 1.44. The average Bonchev–Trinajstić information content (AvgIpc) is 3.23. The van der Waals surface area contributed by atoms with Gasteiger partial charge in [0.25, 0.3) is 5.91 Å². The summed E-state index contributed by atoms with van der Waals surface area (Å²) < 4.78 is 0. The number of para-hydroxylation sites is 1. The van der Waals surface area contributed by atoms with Gasteiger partial charge < -0.3 is 10.6 Å². The summed E-state index contributed by atoms with van der Waals surface area (Å²) in [6.07, 6.45) is 3.27. The lowest BCUT2D eigenvalue weighted by Gasteiger charge is -2.04. The van der Waals surface area contributed by atoms with Crippen LogP contribution in [0, 0.1) is 6.92 Å². The van der Waals surface area contributed by atoms with E-state index in [0.29, 0.717) is 18.8 Å². The van der Waals surface area contributed by atoms with Crippen molar-refractivity contribution in [2.45, 2.75) is 6.92 Å². The van der Waals surface area contributed by atoms with Gasteiger partial charge in [0.2, 0.25) is 5.91 Å². The van der Waals surface area contributed by atoms with Crippen molar-refractivity contribution in [3.63, 3.8) is 0 Å². The number of nitrogens with one attached hydrogen (secondary N) is 3. The van der Waals surface area contributed by atoms with E-state index in [0.717, 1.165) is 15.8 Å². The first-order chi connectivity index (χ1) is 12.1. The molecule has 3 aromatic rings. The maximum atomic E-state index is 12.2. The number of aromatic nitrogens is 2. The minimum absolute atomic E-state index is 0.189. The van der Waals surface area contributed by atoms with Gasteiger partial charge >= 0.3 is 0 Å². The van der Waals surface area contributed by atoms with Gasteiger partial charge in [0.05, 0.1) is 5.52 Å². The van der Waals surface area contributed by atoms with Crippen molar-refractivity contribution in [1.29, 1.82) is 0 Å². The first-order valence-corrected chi connectivity index (χ1v) is 8.69. The van der Waals surface area contributed by atoms with Gasteiger partial charge in [-0.3, -0.25) is 14.7 Å². The Kier molecular flexibility index (Phi) is 5.25. The van der Waals surface area contributed by atoms with Crippen LogP contribution >= 0.6 is 11.3 Å². The first-order valence-electron chi connectivity index (χ1n) is 7.87. The minimum Gasteiger partial charge on any atom is -0.351 e. The molecule has 1 aromatic carbocycles. The molecule has 0 fully saturated rings. The van der Waals surface area contributed by atoms with Crippen LogP contribution in [0.2, 0.25) is 0 Å². The molecule has 7 heteroatoms. The van der Waals surface area contributed by atoms with Crippen molar-refractivity contribution in [1.82, 2.24) is 20.8 Å². The Morgan fingerprint density at radius 1 is 1.16 bits per heavy atom. The third kappa shape index (κ3) is 4.33. The highest BCUT2D eigenvalue weighted by Crippen LogP contribution is 2.16. The molecule has 0 bridgehead atoms. The molecule has 0 radical (unpaired) electrons. The van der Waals surface area contributed by atoms with Crippen LogP contribution in [0.1, 0.15) is 20.2 Å². The summed E-state index contributed by atoms with van der Waals surface area (Å²) in [6.45, 7) is 2.70. The molecule has 3 rings (SSSR count). The van der Waals surface area contributed by atoms with Crippen LogP contribution in [0.15, 0.2) is 42.5 Å². The fourth-order valence-electron chi connectivity index (χ4n) is 2.34. The normalized spacial score (nSPS) is 11.1. The van der Waals surface area contributed by atoms with Crippen molar-refractivity contribution in [2.24, 2.45) is 0 Å². The second kappa shape index (κ2) is 7.76. The van der Waals surface area contributed by atoms with E-state index in [9.17, 15) is 9.59 Å². The van der Waals surface area contributed by atoms with Crippen molar-refractivity contribution >= 4 is 40.1 Å². The molecular weight excluding hydrogens is 336 g/mol. The highest BCUT2D eigenvalue weighted by Gasteiger charge is 2.12.